The SMILES string of the molecule is CCCn1c(Sc2c(F)cc(CN)cc2F)n[nH]c1=O. The Labute approximate surface area is 118 Å². The highest BCUT2D eigenvalue weighted by atomic mass is 32.2. The van der Waals surface area contributed by atoms with Crippen LogP contribution in [0.4, 0.5) is 8.78 Å². The zero-order valence-corrected chi connectivity index (χ0v) is 11.6. The molecule has 20 heavy (non-hydrogen) atoms. The summed E-state index contributed by atoms with van der Waals surface area (Å²) in [5.41, 5.74) is 5.33. The summed E-state index contributed by atoms with van der Waals surface area (Å²) in [6.45, 7) is 2.38. The Morgan fingerprint density at radius 1 is 1.40 bits per heavy atom. The Bertz CT molecular complexity index is 645. The summed E-state index contributed by atoms with van der Waals surface area (Å²) < 4.78 is 29.1. The number of nitrogens with zero attached hydrogens (tertiary/aromatic N) is 2. The molecule has 0 bridgehead atoms. The van der Waals surface area contributed by atoms with Crippen LogP contribution < -0.4 is 11.4 Å². The molecule has 1 heterocycles. The van der Waals surface area contributed by atoms with Gasteiger partial charge in [-0.2, -0.15) is 0 Å². The standard InChI is InChI=1S/C12H14F2N4OS/c1-2-3-18-11(19)16-17-12(18)20-10-8(13)4-7(6-15)5-9(10)14/h4-5H,2-3,6,15H2,1H3,(H,16,19). The van der Waals surface area contributed by atoms with Crippen molar-refractivity contribution in [2.45, 2.75) is 36.5 Å². The summed E-state index contributed by atoms with van der Waals surface area (Å²) in [6, 6.07) is 2.36. The summed E-state index contributed by atoms with van der Waals surface area (Å²) in [5, 5.41) is 6.29. The van der Waals surface area contributed by atoms with Gasteiger partial charge in [0.05, 0.1) is 4.90 Å². The van der Waals surface area contributed by atoms with Gasteiger partial charge in [-0.15, -0.1) is 5.10 Å². The van der Waals surface area contributed by atoms with Crippen LogP contribution in [0.1, 0.15) is 18.9 Å². The van der Waals surface area contributed by atoms with Crippen LogP contribution in [-0.4, -0.2) is 14.8 Å². The molecule has 2 aromatic rings. The summed E-state index contributed by atoms with van der Waals surface area (Å²) >= 11 is 0.777. The molecule has 0 aliphatic rings. The van der Waals surface area contributed by atoms with Gasteiger partial charge in [0.15, 0.2) is 5.16 Å². The number of aromatic amines is 1. The van der Waals surface area contributed by atoms with Crippen molar-refractivity contribution in [1.82, 2.24) is 14.8 Å². The molecule has 3 N–H and O–H groups in total. The lowest BCUT2D eigenvalue weighted by molar-refractivity contribution is 0.535. The van der Waals surface area contributed by atoms with Crippen LogP contribution in [0.25, 0.3) is 0 Å². The van der Waals surface area contributed by atoms with Crippen LogP contribution in [0.2, 0.25) is 0 Å². The first kappa shape index (κ1) is 14.7. The largest absolute Gasteiger partial charge is 0.343 e. The van der Waals surface area contributed by atoms with Crippen molar-refractivity contribution < 1.29 is 8.78 Å². The first-order valence-electron chi connectivity index (χ1n) is 6.07. The predicted octanol–water partition coefficient (Wildman–Crippen LogP) is 1.87. The highest BCUT2D eigenvalue weighted by molar-refractivity contribution is 7.99. The van der Waals surface area contributed by atoms with Gasteiger partial charge in [0, 0.05) is 13.1 Å². The van der Waals surface area contributed by atoms with Gasteiger partial charge in [-0.25, -0.2) is 18.7 Å². The molecule has 1 aromatic heterocycles. The normalized spacial score (nSPS) is 11.0. The van der Waals surface area contributed by atoms with Gasteiger partial charge in [-0.05, 0) is 35.9 Å². The minimum atomic E-state index is -0.714. The fourth-order valence-electron chi connectivity index (χ4n) is 1.72. The van der Waals surface area contributed by atoms with Crippen LogP contribution >= 0.6 is 11.8 Å². The molecule has 0 fully saturated rings. The fraction of sp³-hybridized carbons (Fsp3) is 0.333. The number of nitrogens with one attached hydrogen (secondary N) is 1. The molecule has 5 nitrogen and oxygen atoms in total. The second-order valence-electron chi connectivity index (χ2n) is 4.16. The molecular formula is C12H14F2N4OS. The lowest BCUT2D eigenvalue weighted by atomic mass is 10.2. The molecular weight excluding hydrogens is 286 g/mol. The molecule has 108 valence electrons. The van der Waals surface area contributed by atoms with E-state index >= 15 is 0 Å². The van der Waals surface area contributed by atoms with Crippen LogP contribution in [0, 0.1) is 11.6 Å². The van der Waals surface area contributed by atoms with Gasteiger partial charge >= 0.3 is 5.69 Å². The number of halogens is 2. The molecule has 0 radical (unpaired) electrons. The van der Waals surface area contributed by atoms with Crippen molar-refractivity contribution in [1.29, 1.82) is 0 Å². The molecule has 0 amide bonds. The molecule has 0 aliphatic carbocycles. The third kappa shape index (κ3) is 2.91. The molecule has 0 saturated heterocycles. The molecule has 1 aromatic carbocycles. The first-order valence-corrected chi connectivity index (χ1v) is 6.89. The smallest absolute Gasteiger partial charge is 0.326 e. The van der Waals surface area contributed by atoms with Crippen LogP contribution in [0.15, 0.2) is 27.0 Å². The minimum Gasteiger partial charge on any atom is -0.326 e. The minimum absolute atomic E-state index is 0.0573. The monoisotopic (exact) mass is 300 g/mol. The molecule has 2 rings (SSSR count). The Morgan fingerprint density at radius 2 is 2.05 bits per heavy atom. The topological polar surface area (TPSA) is 76.7 Å². The number of nitrogens with two attached hydrogens (primary N) is 1. The maximum absolute atomic E-state index is 13.9. The maximum Gasteiger partial charge on any atom is 0.343 e. The van der Waals surface area contributed by atoms with Gasteiger partial charge in [0.2, 0.25) is 0 Å². The van der Waals surface area contributed by atoms with Gasteiger partial charge in [0.1, 0.15) is 11.6 Å². The third-order valence-electron chi connectivity index (χ3n) is 2.66. The summed E-state index contributed by atoms with van der Waals surface area (Å²) in [7, 11) is 0. The van der Waals surface area contributed by atoms with Crippen molar-refractivity contribution in [2.75, 3.05) is 0 Å². The fourth-order valence-corrected chi connectivity index (χ4v) is 2.59. The van der Waals surface area contributed by atoms with Crippen LogP contribution in [0.3, 0.4) is 0 Å². The molecule has 0 spiro atoms. The predicted molar refractivity (Wildman–Crippen MR) is 71.5 cm³/mol. The molecule has 0 saturated carbocycles. The molecule has 8 heteroatoms. The summed E-state index contributed by atoms with van der Waals surface area (Å²) in [6.07, 6.45) is 0.712. The number of H-pyrrole nitrogens is 1. The van der Waals surface area contributed by atoms with Crippen LogP contribution in [0.5, 0.6) is 0 Å². The summed E-state index contributed by atoms with van der Waals surface area (Å²) in [4.78, 5) is 11.3. The van der Waals surface area contributed by atoms with E-state index in [9.17, 15) is 13.6 Å². The number of benzene rings is 1. The van der Waals surface area contributed by atoms with E-state index in [1.54, 1.807) is 0 Å². The van der Waals surface area contributed by atoms with E-state index in [1.807, 2.05) is 6.92 Å². The van der Waals surface area contributed by atoms with E-state index in [4.69, 9.17) is 5.73 Å². The Kier molecular flexibility index (Phi) is 4.56. The van der Waals surface area contributed by atoms with Gasteiger partial charge < -0.3 is 5.73 Å². The number of hydrogen-bond donors (Lipinski definition) is 2. The van der Waals surface area contributed by atoms with E-state index in [1.165, 1.54) is 16.7 Å². The van der Waals surface area contributed by atoms with Crippen molar-refractivity contribution in [3.05, 3.63) is 39.8 Å². The highest BCUT2D eigenvalue weighted by Crippen LogP contribution is 2.31. The van der Waals surface area contributed by atoms with E-state index in [0.29, 0.717) is 18.5 Å². The van der Waals surface area contributed by atoms with E-state index < -0.39 is 17.3 Å². The third-order valence-corrected chi connectivity index (χ3v) is 3.75. The van der Waals surface area contributed by atoms with E-state index in [0.717, 1.165) is 11.8 Å². The molecule has 0 aliphatic heterocycles. The lowest BCUT2D eigenvalue weighted by Crippen LogP contribution is -2.17. The van der Waals surface area contributed by atoms with Gasteiger partial charge in [0.25, 0.3) is 0 Å². The second kappa shape index (κ2) is 6.19. The summed E-state index contributed by atoms with van der Waals surface area (Å²) in [5.74, 6) is -1.43. The van der Waals surface area contributed by atoms with Gasteiger partial charge in [-0.1, -0.05) is 6.92 Å². The van der Waals surface area contributed by atoms with Crippen molar-refractivity contribution in [3.63, 3.8) is 0 Å². The molecule has 0 atom stereocenters. The number of hydrogen-bond acceptors (Lipinski definition) is 4. The Balaban J connectivity index is 2.38. The quantitative estimate of drug-likeness (QED) is 0.884. The number of aromatic nitrogens is 3. The first-order chi connectivity index (χ1) is 9.56. The van der Waals surface area contributed by atoms with Crippen molar-refractivity contribution in [2.24, 2.45) is 5.73 Å². The Morgan fingerprint density at radius 3 is 2.60 bits per heavy atom. The lowest BCUT2D eigenvalue weighted by Gasteiger charge is -2.07. The Hall–Kier alpha value is -1.67. The molecule has 0 unspecified atom stereocenters. The van der Waals surface area contributed by atoms with Crippen molar-refractivity contribution in [3.8, 4) is 0 Å². The van der Waals surface area contributed by atoms with Crippen molar-refractivity contribution >= 4 is 11.8 Å². The average molecular weight is 300 g/mol. The van der Waals surface area contributed by atoms with E-state index in [2.05, 4.69) is 10.2 Å². The van der Waals surface area contributed by atoms with E-state index in [-0.39, 0.29) is 16.6 Å². The maximum atomic E-state index is 13.9. The zero-order valence-electron chi connectivity index (χ0n) is 10.8. The van der Waals surface area contributed by atoms with Gasteiger partial charge in [-0.3, -0.25) is 4.57 Å². The second-order valence-corrected chi connectivity index (χ2v) is 5.14. The zero-order chi connectivity index (χ0) is 14.7. The number of rotatable bonds is 5. The highest BCUT2D eigenvalue weighted by Gasteiger charge is 2.16. The van der Waals surface area contributed by atoms with Crippen LogP contribution in [-0.2, 0) is 13.1 Å². The average Bonchev–Trinajstić information content (AvgIpc) is 2.75.